The molecule has 0 aliphatic heterocycles. The van der Waals surface area contributed by atoms with Crippen LogP contribution in [0.4, 0.5) is 30.2 Å². The number of amides is 3. The van der Waals surface area contributed by atoms with Gasteiger partial charge in [0.1, 0.15) is 5.82 Å². The second-order valence-electron chi connectivity index (χ2n) is 10.5. The van der Waals surface area contributed by atoms with E-state index < -0.39 is 23.6 Å². The summed E-state index contributed by atoms with van der Waals surface area (Å²) in [5, 5.41) is 13.9. The summed E-state index contributed by atoms with van der Waals surface area (Å²) in [7, 11) is 0. The molecule has 9 nitrogen and oxygen atoms in total. The van der Waals surface area contributed by atoms with Crippen molar-refractivity contribution in [2.75, 3.05) is 22.5 Å². The number of aryl methyl sites for hydroxylation is 1. The van der Waals surface area contributed by atoms with Gasteiger partial charge in [0.15, 0.2) is 0 Å². The molecule has 0 saturated carbocycles. The summed E-state index contributed by atoms with van der Waals surface area (Å²) in [5.41, 5.74) is 1.96. The zero-order chi connectivity index (χ0) is 36.6. The van der Waals surface area contributed by atoms with Crippen molar-refractivity contribution in [2.45, 2.75) is 40.3 Å². The number of nitrogens with one attached hydrogen (secondary N) is 5. The summed E-state index contributed by atoms with van der Waals surface area (Å²) < 4.78 is 39.2. The predicted molar refractivity (Wildman–Crippen MR) is 191 cm³/mol. The van der Waals surface area contributed by atoms with Crippen molar-refractivity contribution in [3.05, 3.63) is 138 Å². The maximum atomic E-state index is 13.1. The Kier molecular flexibility index (Phi) is 15.3. The molecule has 0 spiro atoms. The van der Waals surface area contributed by atoms with Crippen LogP contribution in [0.3, 0.4) is 0 Å². The van der Waals surface area contributed by atoms with Gasteiger partial charge in [0.25, 0.3) is 11.8 Å². The Morgan fingerprint density at radius 2 is 1.49 bits per heavy atom. The molecule has 0 bridgehead atoms. The minimum absolute atomic E-state index is 0.0234. The molecule has 0 atom stereocenters. The molecule has 0 radical (unpaired) electrons. The molecule has 3 aromatic rings. The van der Waals surface area contributed by atoms with Crippen LogP contribution in [0.25, 0.3) is 0 Å². The van der Waals surface area contributed by atoms with E-state index >= 15 is 0 Å². The van der Waals surface area contributed by atoms with E-state index in [1.54, 1.807) is 56.3 Å². The molecule has 12 heteroatoms. The Bertz CT molecular complexity index is 1750. The lowest BCUT2D eigenvalue weighted by Gasteiger charge is -2.12. The van der Waals surface area contributed by atoms with E-state index in [9.17, 15) is 27.6 Å². The Balaban J connectivity index is 0.00000267. The number of halogens is 3. The summed E-state index contributed by atoms with van der Waals surface area (Å²) in [4.78, 5) is 42.2. The number of alkyl halides is 3. The first-order chi connectivity index (χ1) is 23.2. The van der Waals surface area contributed by atoms with E-state index in [4.69, 9.17) is 0 Å². The Hall–Kier alpha value is -5.91. The highest BCUT2D eigenvalue weighted by Crippen LogP contribution is 2.29. The SMILES string of the molecule is C=CC(=C)NCC(=O)Nc1cccc(NC(=C)/N=C\C(=C/C)NC(=O)c2cc(NC(=O)c3cccc(C(F)(F)F)c3)ccc2C)c1.CCC. The minimum atomic E-state index is -4.59. The van der Waals surface area contributed by atoms with Crippen molar-refractivity contribution < 1.29 is 27.6 Å². The van der Waals surface area contributed by atoms with Crippen LogP contribution in [0.15, 0.2) is 121 Å². The molecule has 3 rings (SSSR count). The third-order valence-electron chi connectivity index (χ3n) is 6.28. The maximum Gasteiger partial charge on any atom is 0.416 e. The molecular formula is C37H41F3N6O3. The minimum Gasteiger partial charge on any atom is -0.377 e. The number of nitrogens with zero attached hydrogens (tertiary/aromatic N) is 1. The molecule has 0 aliphatic rings. The lowest BCUT2D eigenvalue weighted by Crippen LogP contribution is -2.26. The number of hydrogen-bond donors (Lipinski definition) is 5. The van der Waals surface area contributed by atoms with Gasteiger partial charge in [0.2, 0.25) is 5.91 Å². The first-order valence-electron chi connectivity index (χ1n) is 15.2. The zero-order valence-corrected chi connectivity index (χ0v) is 27.9. The zero-order valence-electron chi connectivity index (χ0n) is 27.9. The van der Waals surface area contributed by atoms with Crippen LogP contribution in [0, 0.1) is 6.92 Å². The fourth-order valence-corrected chi connectivity index (χ4v) is 3.85. The van der Waals surface area contributed by atoms with Crippen LogP contribution in [0.1, 0.15) is 59.0 Å². The second-order valence-corrected chi connectivity index (χ2v) is 10.5. The third kappa shape index (κ3) is 13.4. The van der Waals surface area contributed by atoms with E-state index in [1.165, 1.54) is 30.8 Å². The van der Waals surface area contributed by atoms with Gasteiger partial charge in [-0.1, -0.05) is 64.3 Å². The molecule has 0 aromatic heterocycles. The third-order valence-corrected chi connectivity index (χ3v) is 6.28. The van der Waals surface area contributed by atoms with Gasteiger partial charge in [0.05, 0.1) is 24.0 Å². The molecule has 0 aliphatic carbocycles. The normalized spacial score (nSPS) is 11.0. The van der Waals surface area contributed by atoms with E-state index in [2.05, 4.69) is 65.2 Å². The first-order valence-corrected chi connectivity index (χ1v) is 15.2. The number of allylic oxidation sites excluding steroid dienone is 3. The molecule has 3 amide bonds. The van der Waals surface area contributed by atoms with Gasteiger partial charge < -0.3 is 26.6 Å². The average Bonchev–Trinajstić information content (AvgIpc) is 3.06. The van der Waals surface area contributed by atoms with Gasteiger partial charge in [-0.05, 0) is 74.0 Å². The van der Waals surface area contributed by atoms with Crippen LogP contribution in [0.5, 0.6) is 0 Å². The van der Waals surface area contributed by atoms with Crippen LogP contribution < -0.4 is 26.6 Å². The van der Waals surface area contributed by atoms with Crippen LogP contribution in [-0.4, -0.2) is 30.5 Å². The fraction of sp³-hybridized carbons (Fsp3) is 0.189. The number of carbonyl (C=O) groups excluding carboxylic acids is 3. The number of anilines is 3. The number of carbonyl (C=O) groups is 3. The Labute approximate surface area is 284 Å². The summed E-state index contributed by atoms with van der Waals surface area (Å²) in [6.45, 7) is 18.8. The summed E-state index contributed by atoms with van der Waals surface area (Å²) in [5.74, 6) is -1.28. The second kappa shape index (κ2) is 19.0. The monoisotopic (exact) mass is 674 g/mol. The van der Waals surface area contributed by atoms with E-state index in [0.717, 1.165) is 18.2 Å². The van der Waals surface area contributed by atoms with Crippen molar-refractivity contribution in [1.82, 2.24) is 10.6 Å². The smallest absolute Gasteiger partial charge is 0.377 e. The van der Waals surface area contributed by atoms with E-state index in [-0.39, 0.29) is 35.1 Å². The predicted octanol–water partition coefficient (Wildman–Crippen LogP) is 8.20. The van der Waals surface area contributed by atoms with Crippen LogP contribution in [0.2, 0.25) is 0 Å². The molecule has 0 fully saturated rings. The molecule has 3 aromatic carbocycles. The summed E-state index contributed by atoms with van der Waals surface area (Å²) in [6, 6.07) is 15.5. The van der Waals surface area contributed by atoms with Gasteiger partial charge in [-0.15, -0.1) is 0 Å². The molecule has 0 heterocycles. The number of aliphatic imine (C=N–C) groups is 1. The lowest BCUT2D eigenvalue weighted by molar-refractivity contribution is -0.137. The van der Waals surface area contributed by atoms with E-state index in [1.807, 2.05) is 0 Å². The average molecular weight is 675 g/mol. The van der Waals surface area contributed by atoms with Gasteiger partial charge in [-0.25, -0.2) is 4.99 Å². The molecule has 5 N–H and O–H groups in total. The number of hydrogen-bond acceptors (Lipinski definition) is 6. The van der Waals surface area contributed by atoms with Crippen LogP contribution >= 0.6 is 0 Å². The summed E-state index contributed by atoms with van der Waals surface area (Å²) in [6.07, 6.45) is 1.18. The van der Waals surface area contributed by atoms with Crippen molar-refractivity contribution in [3.63, 3.8) is 0 Å². The Morgan fingerprint density at radius 3 is 2.12 bits per heavy atom. The first kappa shape index (κ1) is 39.3. The topological polar surface area (TPSA) is 124 Å². The largest absolute Gasteiger partial charge is 0.416 e. The summed E-state index contributed by atoms with van der Waals surface area (Å²) >= 11 is 0. The van der Waals surface area contributed by atoms with Crippen LogP contribution in [-0.2, 0) is 11.0 Å². The standard InChI is InChI=1S/C34H33F3N6O3.C3H8/c1-6-22(4)38-20-31(44)41-28-13-9-12-27(17-28)40-23(5)39-19-26(7-2)42-33(46)30-18-29(15-14-21(30)3)43-32(45)24-10-8-11-25(16-24)34(35,36)37;1-3-2/h6-19,38,40H,1,4-5,20H2,2-3H3,(H,41,44)(H,42,46)(H,43,45);3H2,1-2H3/b26-7+,39-19-;. The number of rotatable bonds is 13. The number of benzene rings is 3. The Morgan fingerprint density at radius 1 is 0.857 bits per heavy atom. The molecule has 49 heavy (non-hydrogen) atoms. The van der Waals surface area contributed by atoms with Crippen molar-refractivity contribution in [2.24, 2.45) is 4.99 Å². The maximum absolute atomic E-state index is 13.1. The van der Waals surface area contributed by atoms with Crippen molar-refractivity contribution >= 4 is 41.0 Å². The lowest BCUT2D eigenvalue weighted by atomic mass is 10.1. The van der Waals surface area contributed by atoms with Gasteiger partial charge in [0, 0.05) is 33.9 Å². The highest BCUT2D eigenvalue weighted by molar-refractivity contribution is 6.06. The highest BCUT2D eigenvalue weighted by atomic mass is 19.4. The molecule has 258 valence electrons. The van der Waals surface area contributed by atoms with Gasteiger partial charge >= 0.3 is 6.18 Å². The van der Waals surface area contributed by atoms with Crippen molar-refractivity contribution in [3.8, 4) is 0 Å². The molecule has 0 unspecified atom stereocenters. The quantitative estimate of drug-likeness (QED) is 0.0924. The van der Waals surface area contributed by atoms with E-state index in [0.29, 0.717) is 28.3 Å². The van der Waals surface area contributed by atoms with Crippen molar-refractivity contribution in [1.29, 1.82) is 0 Å². The highest BCUT2D eigenvalue weighted by Gasteiger charge is 2.31. The fourth-order valence-electron chi connectivity index (χ4n) is 3.85. The molecular weight excluding hydrogens is 633 g/mol. The van der Waals surface area contributed by atoms with Gasteiger partial charge in [-0.2, -0.15) is 13.2 Å². The molecule has 0 saturated heterocycles. The van der Waals surface area contributed by atoms with Gasteiger partial charge in [-0.3, -0.25) is 14.4 Å².